The lowest BCUT2D eigenvalue weighted by Gasteiger charge is -2.12. The molecule has 1 aliphatic rings. The van der Waals surface area contributed by atoms with Gasteiger partial charge < -0.3 is 15.5 Å². The molecule has 1 aliphatic carbocycles. The van der Waals surface area contributed by atoms with Gasteiger partial charge in [-0.2, -0.15) is 0 Å². The first-order chi connectivity index (χ1) is 9.08. The minimum Gasteiger partial charge on any atom is -0.423 e. The van der Waals surface area contributed by atoms with Crippen LogP contribution in [0, 0.1) is 6.92 Å². The van der Waals surface area contributed by atoms with Crippen LogP contribution in [0.5, 0.6) is 0 Å². The van der Waals surface area contributed by atoms with E-state index in [-0.39, 0.29) is 5.91 Å². The summed E-state index contributed by atoms with van der Waals surface area (Å²) in [6.45, 7) is 1.92. The minimum absolute atomic E-state index is 0.140. The standard InChI is InChI=1S/C13H14N4O2/c1-8-2-3-9(11-17-15-7-19-11)6-10(8)16-12(18)13(14)4-5-13/h2-3,6-7H,4-5,14H2,1H3,(H,16,18). The quantitative estimate of drug-likeness (QED) is 0.869. The van der Waals surface area contributed by atoms with Crippen LogP contribution in [0.1, 0.15) is 18.4 Å². The lowest BCUT2D eigenvalue weighted by Crippen LogP contribution is -2.38. The fourth-order valence-corrected chi connectivity index (χ4v) is 1.80. The number of amides is 1. The number of aryl methyl sites for hydroxylation is 1. The van der Waals surface area contributed by atoms with Crippen molar-refractivity contribution in [1.29, 1.82) is 0 Å². The van der Waals surface area contributed by atoms with Gasteiger partial charge in [-0.25, -0.2) is 0 Å². The second kappa shape index (κ2) is 4.17. The van der Waals surface area contributed by atoms with E-state index in [2.05, 4.69) is 15.5 Å². The minimum atomic E-state index is -0.688. The van der Waals surface area contributed by atoms with Crippen LogP contribution < -0.4 is 11.1 Å². The molecule has 0 bridgehead atoms. The molecule has 1 aromatic carbocycles. The van der Waals surface area contributed by atoms with Crippen LogP contribution in [0.3, 0.4) is 0 Å². The Hall–Kier alpha value is -2.21. The van der Waals surface area contributed by atoms with Gasteiger partial charge in [0.1, 0.15) is 0 Å². The summed E-state index contributed by atoms with van der Waals surface area (Å²) in [5.41, 5.74) is 7.62. The summed E-state index contributed by atoms with van der Waals surface area (Å²) in [6.07, 6.45) is 2.75. The monoisotopic (exact) mass is 258 g/mol. The number of carbonyl (C=O) groups excluding carboxylic acids is 1. The maximum Gasteiger partial charge on any atom is 0.247 e. The van der Waals surface area contributed by atoms with Crippen molar-refractivity contribution >= 4 is 11.6 Å². The topological polar surface area (TPSA) is 94.0 Å². The number of nitrogens with two attached hydrogens (primary N) is 1. The Bertz CT molecular complexity index is 618. The number of nitrogens with zero attached hydrogens (tertiary/aromatic N) is 2. The van der Waals surface area contributed by atoms with Gasteiger partial charge >= 0.3 is 0 Å². The molecule has 98 valence electrons. The Labute approximate surface area is 110 Å². The average molecular weight is 258 g/mol. The van der Waals surface area contributed by atoms with Crippen LogP contribution >= 0.6 is 0 Å². The number of benzene rings is 1. The van der Waals surface area contributed by atoms with Gasteiger partial charge in [0.15, 0.2) is 0 Å². The fraction of sp³-hybridized carbons (Fsp3) is 0.308. The molecule has 1 saturated carbocycles. The summed E-state index contributed by atoms with van der Waals surface area (Å²) in [5, 5.41) is 10.3. The molecule has 1 aromatic heterocycles. The highest BCUT2D eigenvalue weighted by Gasteiger charge is 2.46. The van der Waals surface area contributed by atoms with Gasteiger partial charge in [-0.1, -0.05) is 6.07 Å². The Morgan fingerprint density at radius 2 is 2.26 bits per heavy atom. The molecule has 0 spiro atoms. The smallest absolute Gasteiger partial charge is 0.247 e. The molecule has 0 unspecified atom stereocenters. The van der Waals surface area contributed by atoms with Crippen molar-refractivity contribution in [2.24, 2.45) is 5.73 Å². The predicted octanol–water partition coefficient (Wildman–Crippen LogP) is 1.47. The van der Waals surface area contributed by atoms with Crippen molar-refractivity contribution in [3.63, 3.8) is 0 Å². The summed E-state index contributed by atoms with van der Waals surface area (Å²) in [5.74, 6) is 0.280. The van der Waals surface area contributed by atoms with Crippen molar-refractivity contribution < 1.29 is 9.21 Å². The number of nitrogens with one attached hydrogen (secondary N) is 1. The third-order valence-electron chi connectivity index (χ3n) is 3.33. The summed E-state index contributed by atoms with van der Waals surface area (Å²) in [6, 6.07) is 5.57. The van der Waals surface area contributed by atoms with E-state index in [1.165, 1.54) is 6.39 Å². The van der Waals surface area contributed by atoms with Crippen LogP contribution in [0.4, 0.5) is 5.69 Å². The third kappa shape index (κ3) is 2.22. The van der Waals surface area contributed by atoms with Gasteiger partial charge in [0.2, 0.25) is 18.2 Å². The zero-order chi connectivity index (χ0) is 13.5. The number of rotatable bonds is 3. The molecule has 1 heterocycles. The average Bonchev–Trinajstić information content (AvgIpc) is 2.94. The van der Waals surface area contributed by atoms with E-state index in [4.69, 9.17) is 10.2 Å². The molecule has 1 fully saturated rings. The van der Waals surface area contributed by atoms with Crippen molar-refractivity contribution in [3.05, 3.63) is 30.2 Å². The first kappa shape index (κ1) is 11.9. The SMILES string of the molecule is Cc1ccc(-c2nnco2)cc1NC(=O)C1(N)CC1. The number of aromatic nitrogens is 2. The van der Waals surface area contributed by atoms with Crippen molar-refractivity contribution in [3.8, 4) is 11.5 Å². The van der Waals surface area contributed by atoms with Gasteiger partial charge in [0, 0.05) is 11.3 Å². The van der Waals surface area contributed by atoms with Crippen molar-refractivity contribution in [2.75, 3.05) is 5.32 Å². The van der Waals surface area contributed by atoms with E-state index in [9.17, 15) is 4.79 Å². The van der Waals surface area contributed by atoms with E-state index in [0.717, 1.165) is 29.7 Å². The summed E-state index contributed by atoms with van der Waals surface area (Å²) in [7, 11) is 0. The summed E-state index contributed by atoms with van der Waals surface area (Å²) >= 11 is 0. The van der Waals surface area contributed by atoms with Crippen LogP contribution in [0.2, 0.25) is 0 Å². The molecule has 3 N–H and O–H groups in total. The molecule has 0 atom stereocenters. The molecule has 3 rings (SSSR count). The fourth-order valence-electron chi connectivity index (χ4n) is 1.80. The highest BCUT2D eigenvalue weighted by atomic mass is 16.4. The Balaban J connectivity index is 1.88. The molecule has 19 heavy (non-hydrogen) atoms. The zero-order valence-electron chi connectivity index (χ0n) is 10.5. The van der Waals surface area contributed by atoms with E-state index in [1.54, 1.807) is 0 Å². The van der Waals surface area contributed by atoms with Crippen molar-refractivity contribution in [1.82, 2.24) is 10.2 Å². The molecule has 6 nitrogen and oxygen atoms in total. The van der Waals surface area contributed by atoms with Gasteiger partial charge in [-0.05, 0) is 37.5 Å². The Kier molecular flexibility index (Phi) is 2.60. The number of hydrogen-bond donors (Lipinski definition) is 2. The van der Waals surface area contributed by atoms with Crippen molar-refractivity contribution in [2.45, 2.75) is 25.3 Å². The van der Waals surface area contributed by atoms with Gasteiger partial charge in [0.05, 0.1) is 5.54 Å². The zero-order valence-corrected chi connectivity index (χ0v) is 10.5. The summed E-state index contributed by atoms with van der Waals surface area (Å²) < 4.78 is 5.14. The molecular formula is C13H14N4O2. The number of hydrogen-bond acceptors (Lipinski definition) is 5. The lowest BCUT2D eigenvalue weighted by molar-refractivity contribution is -0.118. The molecule has 0 radical (unpaired) electrons. The highest BCUT2D eigenvalue weighted by Crippen LogP contribution is 2.34. The van der Waals surface area contributed by atoms with Crippen LogP contribution in [0.15, 0.2) is 29.0 Å². The molecule has 6 heteroatoms. The van der Waals surface area contributed by atoms with Crippen LogP contribution in [0.25, 0.3) is 11.5 Å². The normalized spacial score (nSPS) is 16.1. The summed E-state index contributed by atoms with van der Waals surface area (Å²) in [4.78, 5) is 12.0. The highest BCUT2D eigenvalue weighted by molar-refractivity contribution is 6.00. The Morgan fingerprint density at radius 3 is 2.89 bits per heavy atom. The maximum absolute atomic E-state index is 12.0. The first-order valence-electron chi connectivity index (χ1n) is 6.06. The molecule has 0 aliphatic heterocycles. The molecular weight excluding hydrogens is 244 g/mol. The third-order valence-corrected chi connectivity index (χ3v) is 3.33. The van der Waals surface area contributed by atoms with E-state index >= 15 is 0 Å². The maximum atomic E-state index is 12.0. The second-order valence-electron chi connectivity index (χ2n) is 4.88. The van der Waals surface area contributed by atoms with E-state index < -0.39 is 5.54 Å². The van der Waals surface area contributed by atoms with Gasteiger partial charge in [-0.3, -0.25) is 4.79 Å². The second-order valence-corrected chi connectivity index (χ2v) is 4.88. The molecule has 1 amide bonds. The lowest BCUT2D eigenvalue weighted by atomic mass is 10.1. The first-order valence-corrected chi connectivity index (χ1v) is 6.06. The molecule has 0 saturated heterocycles. The van der Waals surface area contributed by atoms with E-state index in [0.29, 0.717) is 5.89 Å². The van der Waals surface area contributed by atoms with Gasteiger partial charge in [-0.15, -0.1) is 10.2 Å². The predicted molar refractivity (Wildman–Crippen MR) is 69.3 cm³/mol. The van der Waals surface area contributed by atoms with Crippen LogP contribution in [-0.4, -0.2) is 21.6 Å². The Morgan fingerprint density at radius 1 is 1.47 bits per heavy atom. The largest absolute Gasteiger partial charge is 0.423 e. The van der Waals surface area contributed by atoms with Crippen LogP contribution in [-0.2, 0) is 4.79 Å². The number of anilines is 1. The molecule has 2 aromatic rings. The van der Waals surface area contributed by atoms with Gasteiger partial charge in [0.25, 0.3) is 0 Å². The van der Waals surface area contributed by atoms with E-state index in [1.807, 2.05) is 25.1 Å². The number of carbonyl (C=O) groups is 1.